The minimum absolute atomic E-state index is 0.0817. The standard InChI is InChI=1S/C15H15Br2FN2/c1-2-19-15(8-12-5-3-11(17)9-20-12)13-6-4-10(16)7-14(13)18/h3-7,9,15,19H,2,8H2,1H3. The molecule has 0 spiro atoms. The van der Waals surface area contributed by atoms with E-state index in [1.807, 2.05) is 31.2 Å². The number of aromatic nitrogens is 1. The Morgan fingerprint density at radius 1 is 1.20 bits per heavy atom. The molecule has 5 heteroatoms. The lowest BCUT2D eigenvalue weighted by Crippen LogP contribution is -2.24. The molecule has 1 atom stereocenters. The highest BCUT2D eigenvalue weighted by Gasteiger charge is 2.16. The average molecular weight is 402 g/mol. The Bertz CT molecular complexity index is 573. The van der Waals surface area contributed by atoms with Crippen LogP contribution in [-0.2, 0) is 6.42 Å². The van der Waals surface area contributed by atoms with Crippen LogP contribution in [0.3, 0.4) is 0 Å². The number of rotatable bonds is 5. The van der Waals surface area contributed by atoms with Crippen molar-refractivity contribution in [2.75, 3.05) is 6.54 Å². The largest absolute Gasteiger partial charge is 0.310 e. The first-order valence-electron chi connectivity index (χ1n) is 6.39. The number of pyridine rings is 1. The number of benzene rings is 1. The van der Waals surface area contributed by atoms with Crippen LogP contribution >= 0.6 is 31.9 Å². The molecule has 0 fully saturated rings. The maximum absolute atomic E-state index is 14.1. The lowest BCUT2D eigenvalue weighted by molar-refractivity contribution is 0.506. The van der Waals surface area contributed by atoms with Crippen molar-refractivity contribution in [1.82, 2.24) is 10.3 Å². The summed E-state index contributed by atoms with van der Waals surface area (Å²) >= 11 is 6.64. The first kappa shape index (κ1) is 15.6. The van der Waals surface area contributed by atoms with Crippen molar-refractivity contribution in [1.29, 1.82) is 0 Å². The third-order valence-electron chi connectivity index (χ3n) is 2.99. The molecule has 1 heterocycles. The van der Waals surface area contributed by atoms with Crippen LogP contribution in [0.15, 0.2) is 45.5 Å². The van der Waals surface area contributed by atoms with Gasteiger partial charge >= 0.3 is 0 Å². The summed E-state index contributed by atoms with van der Waals surface area (Å²) in [5.74, 6) is -0.206. The van der Waals surface area contributed by atoms with Crippen molar-refractivity contribution in [3.05, 3.63) is 62.5 Å². The summed E-state index contributed by atoms with van der Waals surface area (Å²) in [6, 6.07) is 8.98. The van der Waals surface area contributed by atoms with E-state index in [1.165, 1.54) is 6.07 Å². The summed E-state index contributed by atoms with van der Waals surface area (Å²) in [6.07, 6.45) is 2.41. The molecule has 1 aromatic heterocycles. The van der Waals surface area contributed by atoms with Crippen LogP contribution in [0.25, 0.3) is 0 Å². The van der Waals surface area contributed by atoms with Gasteiger partial charge in [-0.05, 0) is 46.7 Å². The maximum atomic E-state index is 14.1. The highest BCUT2D eigenvalue weighted by Crippen LogP contribution is 2.24. The lowest BCUT2D eigenvalue weighted by atomic mass is 10.0. The molecule has 0 aliphatic carbocycles. The zero-order valence-corrected chi connectivity index (χ0v) is 14.2. The monoisotopic (exact) mass is 400 g/mol. The Morgan fingerprint density at radius 3 is 2.55 bits per heavy atom. The van der Waals surface area contributed by atoms with Crippen LogP contribution in [0, 0.1) is 5.82 Å². The van der Waals surface area contributed by atoms with Gasteiger partial charge < -0.3 is 5.32 Å². The molecule has 2 nitrogen and oxygen atoms in total. The predicted octanol–water partition coefficient (Wildman–Crippen LogP) is 4.64. The zero-order valence-electron chi connectivity index (χ0n) is 11.0. The molecule has 1 aromatic carbocycles. The molecule has 2 aromatic rings. The van der Waals surface area contributed by atoms with Crippen molar-refractivity contribution in [3.8, 4) is 0 Å². The molecule has 0 radical (unpaired) electrons. The highest BCUT2D eigenvalue weighted by molar-refractivity contribution is 9.10. The van der Waals surface area contributed by atoms with Gasteiger partial charge in [0.15, 0.2) is 0 Å². The van der Waals surface area contributed by atoms with Gasteiger partial charge in [-0.15, -0.1) is 0 Å². The van der Waals surface area contributed by atoms with Crippen LogP contribution in [0.5, 0.6) is 0 Å². The number of likely N-dealkylation sites (N-methyl/N-ethyl adjacent to an activating group) is 1. The molecule has 0 aliphatic rings. The molecule has 1 N–H and O–H groups in total. The van der Waals surface area contributed by atoms with Gasteiger partial charge in [-0.2, -0.15) is 0 Å². The summed E-state index contributed by atoms with van der Waals surface area (Å²) in [5, 5.41) is 3.32. The first-order valence-corrected chi connectivity index (χ1v) is 7.97. The maximum Gasteiger partial charge on any atom is 0.129 e. The van der Waals surface area contributed by atoms with Crippen molar-refractivity contribution in [2.45, 2.75) is 19.4 Å². The van der Waals surface area contributed by atoms with Gasteiger partial charge in [0.1, 0.15) is 5.82 Å². The molecule has 20 heavy (non-hydrogen) atoms. The molecule has 1 unspecified atom stereocenters. The van der Waals surface area contributed by atoms with Gasteiger partial charge in [0.25, 0.3) is 0 Å². The van der Waals surface area contributed by atoms with E-state index in [9.17, 15) is 4.39 Å². The minimum Gasteiger partial charge on any atom is -0.310 e. The molecular formula is C15H15Br2FN2. The van der Waals surface area contributed by atoms with Crippen molar-refractivity contribution < 1.29 is 4.39 Å². The molecule has 0 amide bonds. The molecule has 2 rings (SSSR count). The van der Waals surface area contributed by atoms with Crippen molar-refractivity contribution >= 4 is 31.9 Å². The molecule has 0 bridgehead atoms. The summed E-state index contributed by atoms with van der Waals surface area (Å²) in [4.78, 5) is 4.35. The van der Waals surface area contributed by atoms with Crippen LogP contribution < -0.4 is 5.32 Å². The Hall–Kier alpha value is -0.780. The normalized spacial score (nSPS) is 12.4. The van der Waals surface area contributed by atoms with E-state index >= 15 is 0 Å². The smallest absolute Gasteiger partial charge is 0.129 e. The average Bonchev–Trinajstić information content (AvgIpc) is 2.41. The number of nitrogens with one attached hydrogen (secondary N) is 1. The zero-order chi connectivity index (χ0) is 14.5. The van der Waals surface area contributed by atoms with Gasteiger partial charge in [-0.1, -0.05) is 28.9 Å². The van der Waals surface area contributed by atoms with Crippen molar-refractivity contribution in [2.24, 2.45) is 0 Å². The third kappa shape index (κ3) is 4.11. The van der Waals surface area contributed by atoms with Gasteiger partial charge in [0.2, 0.25) is 0 Å². The fraction of sp³-hybridized carbons (Fsp3) is 0.267. The number of nitrogens with zero attached hydrogens (tertiary/aromatic N) is 1. The van der Waals surface area contributed by atoms with Gasteiger partial charge in [-0.25, -0.2) is 4.39 Å². The van der Waals surface area contributed by atoms with E-state index in [2.05, 4.69) is 42.2 Å². The summed E-state index contributed by atoms with van der Waals surface area (Å²) < 4.78 is 15.8. The fourth-order valence-corrected chi connectivity index (χ4v) is 2.63. The van der Waals surface area contributed by atoms with E-state index < -0.39 is 0 Å². The van der Waals surface area contributed by atoms with Crippen LogP contribution in [-0.4, -0.2) is 11.5 Å². The topological polar surface area (TPSA) is 24.9 Å². The lowest BCUT2D eigenvalue weighted by Gasteiger charge is -2.19. The Balaban J connectivity index is 2.24. The molecule has 0 saturated heterocycles. The Morgan fingerprint density at radius 2 is 1.95 bits per heavy atom. The SMILES string of the molecule is CCNC(Cc1ccc(Br)cn1)c1ccc(Br)cc1F. The highest BCUT2D eigenvalue weighted by atomic mass is 79.9. The minimum atomic E-state index is -0.206. The quantitative estimate of drug-likeness (QED) is 0.789. The number of hydrogen-bond acceptors (Lipinski definition) is 2. The second-order valence-electron chi connectivity index (χ2n) is 4.45. The molecule has 0 aliphatic heterocycles. The number of hydrogen-bond donors (Lipinski definition) is 1. The fourth-order valence-electron chi connectivity index (χ4n) is 2.06. The Kier molecular flexibility index (Phi) is 5.69. The van der Waals surface area contributed by atoms with E-state index in [-0.39, 0.29) is 11.9 Å². The third-order valence-corrected chi connectivity index (χ3v) is 3.95. The van der Waals surface area contributed by atoms with E-state index in [1.54, 1.807) is 6.20 Å². The molecule has 106 valence electrons. The van der Waals surface area contributed by atoms with Gasteiger partial charge in [0.05, 0.1) is 0 Å². The molecule has 0 saturated carbocycles. The Labute approximate surface area is 135 Å². The predicted molar refractivity (Wildman–Crippen MR) is 86.2 cm³/mol. The summed E-state index contributed by atoms with van der Waals surface area (Å²) in [6.45, 7) is 2.79. The van der Waals surface area contributed by atoms with E-state index in [0.29, 0.717) is 12.0 Å². The van der Waals surface area contributed by atoms with E-state index in [4.69, 9.17) is 0 Å². The molecular weight excluding hydrogens is 387 g/mol. The van der Waals surface area contributed by atoms with Crippen LogP contribution in [0.1, 0.15) is 24.2 Å². The summed E-state index contributed by atoms with van der Waals surface area (Å²) in [5.41, 5.74) is 1.60. The van der Waals surface area contributed by atoms with Gasteiger partial charge in [-0.3, -0.25) is 4.98 Å². The van der Waals surface area contributed by atoms with E-state index in [0.717, 1.165) is 21.2 Å². The van der Waals surface area contributed by atoms with Gasteiger partial charge in [0, 0.05) is 38.9 Å². The van der Waals surface area contributed by atoms with Crippen LogP contribution in [0.4, 0.5) is 4.39 Å². The summed E-state index contributed by atoms with van der Waals surface area (Å²) in [7, 11) is 0. The number of halogens is 3. The second-order valence-corrected chi connectivity index (χ2v) is 6.28. The second kappa shape index (κ2) is 7.29. The van der Waals surface area contributed by atoms with Crippen molar-refractivity contribution in [3.63, 3.8) is 0 Å². The van der Waals surface area contributed by atoms with Crippen LogP contribution in [0.2, 0.25) is 0 Å². The first-order chi connectivity index (χ1) is 9.60.